The fourth-order valence-corrected chi connectivity index (χ4v) is 0.607. The van der Waals surface area contributed by atoms with Crippen LogP contribution in [0.3, 0.4) is 0 Å². The van der Waals surface area contributed by atoms with Crippen molar-refractivity contribution in [3.63, 3.8) is 0 Å². The first-order valence-electron chi connectivity index (χ1n) is 2.94. The Bertz CT molecular complexity index is 168. The number of primary amides is 2. The van der Waals surface area contributed by atoms with Crippen molar-refractivity contribution in [3.8, 4) is 0 Å². The number of nitrogens with two attached hydrogens (primary N) is 2. The highest BCUT2D eigenvalue weighted by Gasteiger charge is 2.21. The molecule has 0 fully saturated rings. The van der Waals surface area contributed by atoms with Crippen LogP contribution >= 0.6 is 0 Å². The molecule has 0 aromatic carbocycles. The molecule has 1 atom stereocenters. The van der Waals surface area contributed by atoms with Gasteiger partial charge in [-0.15, -0.1) is 0 Å². The fourth-order valence-electron chi connectivity index (χ4n) is 0.607. The van der Waals surface area contributed by atoms with Crippen LogP contribution in [0.5, 0.6) is 0 Å². The Balaban J connectivity index is 4.12. The third-order valence-electron chi connectivity index (χ3n) is 1.17. The van der Waals surface area contributed by atoms with Gasteiger partial charge >= 0.3 is 0 Å². The molecule has 5 N–H and O–H groups in total. The predicted molar refractivity (Wildman–Crippen MR) is 36.3 cm³/mol. The van der Waals surface area contributed by atoms with E-state index in [-0.39, 0.29) is 6.42 Å². The number of likely N-dealkylation sites (N-methyl/N-ethyl adjacent to an activating group) is 1. The summed E-state index contributed by atoms with van der Waals surface area (Å²) in [6.45, 7) is 0. The predicted octanol–water partition coefficient (Wildman–Crippen LogP) is -1.96. The van der Waals surface area contributed by atoms with Gasteiger partial charge in [0, 0.05) is 7.05 Å². The molecule has 0 bridgehead atoms. The smallest absolute Gasteiger partial charge is 0.237 e. The van der Waals surface area contributed by atoms with Gasteiger partial charge in [0.25, 0.3) is 0 Å². The molecule has 0 spiro atoms. The maximum Gasteiger partial charge on any atom is 0.237 e. The number of rotatable bonds is 4. The van der Waals surface area contributed by atoms with Crippen molar-refractivity contribution in [2.24, 2.45) is 11.5 Å². The van der Waals surface area contributed by atoms with Gasteiger partial charge in [-0.25, -0.2) is 0 Å². The molecular weight excluding hydrogens is 150 g/mol. The van der Waals surface area contributed by atoms with E-state index in [1.807, 2.05) is 0 Å². The lowest BCUT2D eigenvalue weighted by Crippen LogP contribution is -2.43. The Hall–Kier alpha value is -1.14. The molecule has 0 aromatic rings. The minimum Gasteiger partial charge on any atom is -0.370 e. The Kier molecular flexibility index (Phi) is 3.49. The number of nitrogens with zero attached hydrogens (tertiary/aromatic N) is 1. The summed E-state index contributed by atoms with van der Waals surface area (Å²) < 4.78 is 0. The van der Waals surface area contributed by atoms with Crippen molar-refractivity contribution in [1.82, 2.24) is 5.06 Å². The average Bonchev–Trinajstić information content (AvgIpc) is 1.81. The van der Waals surface area contributed by atoms with Gasteiger partial charge in [0.05, 0.1) is 6.42 Å². The van der Waals surface area contributed by atoms with E-state index in [1.54, 1.807) is 0 Å². The van der Waals surface area contributed by atoms with E-state index in [0.717, 1.165) is 0 Å². The second kappa shape index (κ2) is 3.89. The third-order valence-corrected chi connectivity index (χ3v) is 1.17. The van der Waals surface area contributed by atoms with Crippen molar-refractivity contribution >= 4 is 11.8 Å². The SMILES string of the molecule is CN(O)C(CC(N)=O)C(N)=O. The van der Waals surface area contributed by atoms with Gasteiger partial charge in [0.1, 0.15) is 6.04 Å². The lowest BCUT2D eigenvalue weighted by atomic mass is 10.2. The van der Waals surface area contributed by atoms with Crippen molar-refractivity contribution < 1.29 is 14.8 Å². The van der Waals surface area contributed by atoms with Crippen LogP contribution in [0.2, 0.25) is 0 Å². The number of carbonyl (C=O) groups is 2. The monoisotopic (exact) mass is 161 g/mol. The van der Waals surface area contributed by atoms with Gasteiger partial charge in [-0.05, 0) is 0 Å². The fraction of sp³-hybridized carbons (Fsp3) is 0.600. The summed E-state index contributed by atoms with van der Waals surface area (Å²) in [6.07, 6.45) is -0.275. The van der Waals surface area contributed by atoms with Crippen molar-refractivity contribution in [2.75, 3.05) is 7.05 Å². The normalized spacial score (nSPS) is 13.0. The van der Waals surface area contributed by atoms with Crippen LogP contribution in [0.4, 0.5) is 0 Å². The number of amides is 2. The minimum absolute atomic E-state index is 0.275. The van der Waals surface area contributed by atoms with E-state index < -0.39 is 17.9 Å². The number of hydrogen-bond acceptors (Lipinski definition) is 4. The Morgan fingerprint density at radius 1 is 1.55 bits per heavy atom. The standard InChI is InChI=1S/C5H11N3O3/c1-8(11)3(5(7)10)2-4(6)9/h3,11H,2H2,1H3,(H2,6,9)(H2,7,10). The van der Waals surface area contributed by atoms with Crippen LogP contribution in [0.25, 0.3) is 0 Å². The molecule has 0 radical (unpaired) electrons. The molecule has 1 unspecified atom stereocenters. The minimum atomic E-state index is -1.03. The van der Waals surface area contributed by atoms with Crippen LogP contribution in [0.1, 0.15) is 6.42 Å². The maximum atomic E-state index is 10.5. The molecule has 6 nitrogen and oxygen atoms in total. The van der Waals surface area contributed by atoms with Crippen LogP contribution < -0.4 is 11.5 Å². The number of hydrogen-bond donors (Lipinski definition) is 3. The van der Waals surface area contributed by atoms with Gasteiger partial charge < -0.3 is 16.7 Å². The highest BCUT2D eigenvalue weighted by Crippen LogP contribution is 1.96. The Morgan fingerprint density at radius 3 is 2.09 bits per heavy atom. The van der Waals surface area contributed by atoms with Crippen LogP contribution in [-0.4, -0.2) is 35.2 Å². The first-order valence-corrected chi connectivity index (χ1v) is 2.94. The van der Waals surface area contributed by atoms with E-state index in [0.29, 0.717) is 5.06 Å². The van der Waals surface area contributed by atoms with E-state index in [4.69, 9.17) is 16.7 Å². The van der Waals surface area contributed by atoms with E-state index >= 15 is 0 Å². The average molecular weight is 161 g/mol. The quantitative estimate of drug-likeness (QED) is 0.415. The summed E-state index contributed by atoms with van der Waals surface area (Å²) in [7, 11) is 1.22. The van der Waals surface area contributed by atoms with Gasteiger partial charge in [0.2, 0.25) is 11.8 Å². The zero-order chi connectivity index (χ0) is 9.02. The Morgan fingerprint density at radius 2 is 2.00 bits per heavy atom. The van der Waals surface area contributed by atoms with Crippen LogP contribution in [0.15, 0.2) is 0 Å². The molecule has 2 amide bonds. The van der Waals surface area contributed by atoms with Crippen molar-refractivity contribution in [2.45, 2.75) is 12.5 Å². The van der Waals surface area contributed by atoms with Gasteiger partial charge in [0.15, 0.2) is 0 Å². The maximum absolute atomic E-state index is 10.5. The summed E-state index contributed by atoms with van der Waals surface area (Å²) in [4.78, 5) is 20.8. The molecule has 0 aliphatic carbocycles. The van der Waals surface area contributed by atoms with Gasteiger partial charge in [-0.1, -0.05) is 0 Å². The zero-order valence-corrected chi connectivity index (χ0v) is 6.15. The number of carbonyl (C=O) groups excluding carboxylic acids is 2. The van der Waals surface area contributed by atoms with Crippen LogP contribution in [-0.2, 0) is 9.59 Å². The number of hydroxylamine groups is 2. The molecule has 0 aliphatic heterocycles. The second-order valence-electron chi connectivity index (χ2n) is 2.16. The van der Waals surface area contributed by atoms with Crippen molar-refractivity contribution in [1.29, 1.82) is 0 Å². The molecule has 0 heterocycles. The van der Waals surface area contributed by atoms with Crippen molar-refractivity contribution in [3.05, 3.63) is 0 Å². The third kappa shape index (κ3) is 3.54. The summed E-state index contributed by atoms with van der Waals surface area (Å²) in [6, 6.07) is -1.03. The summed E-state index contributed by atoms with van der Waals surface area (Å²) >= 11 is 0. The van der Waals surface area contributed by atoms with Crippen LogP contribution in [0, 0.1) is 0 Å². The van der Waals surface area contributed by atoms with E-state index in [1.165, 1.54) is 7.05 Å². The van der Waals surface area contributed by atoms with E-state index in [9.17, 15) is 9.59 Å². The molecule has 0 aliphatic rings. The molecule has 0 saturated heterocycles. The molecule has 64 valence electrons. The first-order chi connectivity index (χ1) is 4.95. The second-order valence-corrected chi connectivity index (χ2v) is 2.16. The lowest BCUT2D eigenvalue weighted by Gasteiger charge is -2.16. The summed E-state index contributed by atoms with van der Waals surface area (Å²) in [5, 5.41) is 9.32. The molecular formula is C5H11N3O3. The highest BCUT2D eigenvalue weighted by atomic mass is 16.5. The van der Waals surface area contributed by atoms with Gasteiger partial charge in [-0.2, -0.15) is 5.06 Å². The first kappa shape index (κ1) is 9.86. The van der Waals surface area contributed by atoms with E-state index in [2.05, 4.69) is 0 Å². The molecule has 0 rings (SSSR count). The zero-order valence-electron chi connectivity index (χ0n) is 6.15. The Labute approximate surface area is 63.7 Å². The molecule has 0 saturated carbocycles. The summed E-state index contributed by atoms with van der Waals surface area (Å²) in [5.74, 6) is -1.47. The molecule has 6 heteroatoms. The molecule has 11 heavy (non-hydrogen) atoms. The largest absolute Gasteiger partial charge is 0.370 e. The summed E-state index contributed by atoms with van der Waals surface area (Å²) in [5.41, 5.74) is 9.62. The van der Waals surface area contributed by atoms with Gasteiger partial charge in [-0.3, -0.25) is 9.59 Å². The molecule has 0 aromatic heterocycles. The lowest BCUT2D eigenvalue weighted by molar-refractivity contribution is -0.148. The topological polar surface area (TPSA) is 110 Å². The highest BCUT2D eigenvalue weighted by molar-refractivity contribution is 5.86.